The number of rotatable bonds is 3. The minimum atomic E-state index is -0.401. The van der Waals surface area contributed by atoms with E-state index in [2.05, 4.69) is 30.4 Å². The number of fused-ring (bicyclic) bond motifs is 1. The first-order valence-corrected chi connectivity index (χ1v) is 6.82. The van der Waals surface area contributed by atoms with Crippen LogP contribution in [-0.2, 0) is 6.42 Å². The second-order valence-electron chi connectivity index (χ2n) is 5.25. The van der Waals surface area contributed by atoms with E-state index in [-0.39, 0.29) is 12.1 Å². The van der Waals surface area contributed by atoms with Crippen molar-refractivity contribution in [3.05, 3.63) is 71.3 Å². The quantitative estimate of drug-likeness (QED) is 0.881. The molecule has 2 N–H and O–H groups in total. The molecule has 98 valence electrons. The highest BCUT2D eigenvalue weighted by atomic mass is 16.3. The van der Waals surface area contributed by atoms with Crippen molar-refractivity contribution in [1.82, 2.24) is 5.32 Å². The van der Waals surface area contributed by atoms with E-state index < -0.39 is 6.10 Å². The molecule has 0 fully saturated rings. The minimum absolute atomic E-state index is 0.104. The van der Waals surface area contributed by atoms with Gasteiger partial charge in [-0.25, -0.2) is 0 Å². The Hall–Kier alpha value is -1.64. The summed E-state index contributed by atoms with van der Waals surface area (Å²) in [5.41, 5.74) is 3.58. The predicted octanol–water partition coefficient (Wildman–Crippen LogP) is 3.00. The van der Waals surface area contributed by atoms with Gasteiger partial charge in [-0.15, -0.1) is 0 Å². The van der Waals surface area contributed by atoms with E-state index in [1.54, 1.807) is 0 Å². The average molecular weight is 253 g/mol. The van der Waals surface area contributed by atoms with Gasteiger partial charge in [0.1, 0.15) is 0 Å². The van der Waals surface area contributed by atoms with E-state index in [1.807, 2.05) is 36.4 Å². The summed E-state index contributed by atoms with van der Waals surface area (Å²) in [5, 5.41) is 13.9. The molecule has 0 radical (unpaired) electrons. The van der Waals surface area contributed by atoms with E-state index >= 15 is 0 Å². The van der Waals surface area contributed by atoms with Gasteiger partial charge in [-0.2, -0.15) is 0 Å². The van der Waals surface area contributed by atoms with Crippen LogP contribution in [0.1, 0.15) is 35.8 Å². The van der Waals surface area contributed by atoms with Gasteiger partial charge in [-0.05, 0) is 30.0 Å². The Balaban J connectivity index is 1.73. The molecule has 2 heteroatoms. The molecule has 0 amide bonds. The van der Waals surface area contributed by atoms with Crippen molar-refractivity contribution in [3.63, 3.8) is 0 Å². The molecular weight excluding hydrogens is 234 g/mol. The van der Waals surface area contributed by atoms with E-state index in [0.717, 1.165) is 12.0 Å². The Bertz CT molecular complexity index is 552. The lowest BCUT2D eigenvalue weighted by Gasteiger charge is -2.22. The molecular formula is C17H19NO. The molecule has 3 rings (SSSR count). The molecule has 1 aliphatic rings. The maximum absolute atomic E-state index is 10.4. The number of aliphatic hydroxyl groups excluding tert-OH is 1. The van der Waals surface area contributed by atoms with Gasteiger partial charge in [0.2, 0.25) is 0 Å². The van der Waals surface area contributed by atoms with Crippen LogP contribution in [0.15, 0.2) is 54.6 Å². The Morgan fingerprint density at radius 3 is 2.47 bits per heavy atom. The van der Waals surface area contributed by atoms with Crippen molar-refractivity contribution in [1.29, 1.82) is 0 Å². The summed E-state index contributed by atoms with van der Waals surface area (Å²) in [5.74, 6) is 0. The standard InChI is InChI=1S/C17H19NO/c1-12(13-7-3-2-4-8-13)18-16-11-14-9-5-6-10-15(14)17(16)19/h2-10,12,16-19H,11H2,1H3. The Kier molecular flexibility index (Phi) is 3.36. The first-order chi connectivity index (χ1) is 9.25. The van der Waals surface area contributed by atoms with Crippen molar-refractivity contribution >= 4 is 0 Å². The zero-order chi connectivity index (χ0) is 13.2. The van der Waals surface area contributed by atoms with Gasteiger partial charge < -0.3 is 10.4 Å². The molecule has 1 aliphatic carbocycles. The summed E-state index contributed by atoms with van der Waals surface area (Å²) in [4.78, 5) is 0. The zero-order valence-electron chi connectivity index (χ0n) is 11.1. The molecule has 0 aromatic heterocycles. The van der Waals surface area contributed by atoms with Crippen molar-refractivity contribution in [2.45, 2.75) is 31.5 Å². The van der Waals surface area contributed by atoms with E-state index in [1.165, 1.54) is 11.1 Å². The molecule has 2 aromatic carbocycles. The largest absolute Gasteiger partial charge is 0.387 e. The minimum Gasteiger partial charge on any atom is -0.387 e. The fourth-order valence-corrected chi connectivity index (χ4v) is 2.88. The summed E-state index contributed by atoms with van der Waals surface area (Å²) in [6.07, 6.45) is 0.497. The number of aliphatic hydroxyl groups is 1. The molecule has 19 heavy (non-hydrogen) atoms. The molecule has 2 nitrogen and oxygen atoms in total. The molecule has 0 aliphatic heterocycles. The van der Waals surface area contributed by atoms with Gasteiger partial charge in [0.15, 0.2) is 0 Å². The normalized spacial score (nSPS) is 23.1. The Morgan fingerprint density at radius 1 is 1.05 bits per heavy atom. The van der Waals surface area contributed by atoms with E-state index in [0.29, 0.717) is 0 Å². The summed E-state index contributed by atoms with van der Waals surface area (Å²) in [6, 6.07) is 18.9. The topological polar surface area (TPSA) is 32.3 Å². The van der Waals surface area contributed by atoms with Crippen LogP contribution in [0.3, 0.4) is 0 Å². The predicted molar refractivity (Wildman–Crippen MR) is 76.9 cm³/mol. The Labute approximate surface area is 114 Å². The molecule has 0 heterocycles. The number of hydrogen-bond donors (Lipinski definition) is 2. The van der Waals surface area contributed by atoms with Gasteiger partial charge in [-0.3, -0.25) is 0 Å². The molecule has 0 saturated heterocycles. The summed E-state index contributed by atoms with van der Waals surface area (Å²) in [6.45, 7) is 2.14. The highest BCUT2D eigenvalue weighted by Crippen LogP contribution is 2.32. The van der Waals surface area contributed by atoms with E-state index in [4.69, 9.17) is 0 Å². The van der Waals surface area contributed by atoms with Crippen molar-refractivity contribution in [2.24, 2.45) is 0 Å². The lowest BCUT2D eigenvalue weighted by Crippen LogP contribution is -2.34. The molecule has 0 bridgehead atoms. The second-order valence-corrected chi connectivity index (χ2v) is 5.25. The van der Waals surface area contributed by atoms with Crippen LogP contribution in [0.5, 0.6) is 0 Å². The highest BCUT2D eigenvalue weighted by Gasteiger charge is 2.31. The maximum Gasteiger partial charge on any atom is 0.0949 e. The number of hydrogen-bond acceptors (Lipinski definition) is 2. The van der Waals surface area contributed by atoms with Gasteiger partial charge in [0, 0.05) is 12.1 Å². The first-order valence-electron chi connectivity index (χ1n) is 6.82. The van der Waals surface area contributed by atoms with Gasteiger partial charge in [0.25, 0.3) is 0 Å². The fraction of sp³-hybridized carbons (Fsp3) is 0.294. The highest BCUT2D eigenvalue weighted by molar-refractivity contribution is 5.36. The van der Waals surface area contributed by atoms with Crippen molar-refractivity contribution in [3.8, 4) is 0 Å². The van der Waals surface area contributed by atoms with Crippen LogP contribution in [0.4, 0.5) is 0 Å². The molecule has 0 spiro atoms. The average Bonchev–Trinajstić information content (AvgIpc) is 2.77. The fourth-order valence-electron chi connectivity index (χ4n) is 2.88. The second kappa shape index (κ2) is 5.16. The lowest BCUT2D eigenvalue weighted by atomic mass is 10.1. The lowest BCUT2D eigenvalue weighted by molar-refractivity contribution is 0.136. The van der Waals surface area contributed by atoms with Gasteiger partial charge in [-0.1, -0.05) is 54.6 Å². The van der Waals surface area contributed by atoms with Crippen LogP contribution in [0.25, 0.3) is 0 Å². The van der Waals surface area contributed by atoms with Crippen LogP contribution in [-0.4, -0.2) is 11.1 Å². The maximum atomic E-state index is 10.4. The van der Waals surface area contributed by atoms with E-state index in [9.17, 15) is 5.11 Å². The van der Waals surface area contributed by atoms with Crippen molar-refractivity contribution in [2.75, 3.05) is 0 Å². The zero-order valence-corrected chi connectivity index (χ0v) is 11.1. The smallest absolute Gasteiger partial charge is 0.0949 e. The third-order valence-corrected chi connectivity index (χ3v) is 3.96. The summed E-state index contributed by atoms with van der Waals surface area (Å²) in [7, 11) is 0. The van der Waals surface area contributed by atoms with Crippen LogP contribution in [0.2, 0.25) is 0 Å². The van der Waals surface area contributed by atoms with Gasteiger partial charge >= 0.3 is 0 Å². The first kappa shape index (κ1) is 12.4. The summed E-state index contributed by atoms with van der Waals surface area (Å²) >= 11 is 0. The molecule has 3 unspecified atom stereocenters. The van der Waals surface area contributed by atoms with Crippen LogP contribution >= 0.6 is 0 Å². The van der Waals surface area contributed by atoms with Gasteiger partial charge in [0.05, 0.1) is 6.10 Å². The van der Waals surface area contributed by atoms with Crippen LogP contribution < -0.4 is 5.32 Å². The number of benzene rings is 2. The number of nitrogens with one attached hydrogen (secondary N) is 1. The SMILES string of the molecule is CC(NC1Cc2ccccc2C1O)c1ccccc1. The summed E-state index contributed by atoms with van der Waals surface area (Å²) < 4.78 is 0. The third kappa shape index (κ3) is 2.42. The van der Waals surface area contributed by atoms with Crippen LogP contribution in [0, 0.1) is 0 Å². The molecule has 2 aromatic rings. The Morgan fingerprint density at radius 2 is 1.74 bits per heavy atom. The molecule has 0 saturated carbocycles. The molecule has 3 atom stereocenters. The monoisotopic (exact) mass is 253 g/mol. The van der Waals surface area contributed by atoms with Crippen molar-refractivity contribution < 1.29 is 5.11 Å². The third-order valence-electron chi connectivity index (χ3n) is 3.96.